The summed E-state index contributed by atoms with van der Waals surface area (Å²) >= 11 is 1.31. The maximum atomic E-state index is 13.1. The van der Waals surface area contributed by atoms with Crippen molar-refractivity contribution in [1.82, 2.24) is 9.80 Å². The predicted molar refractivity (Wildman–Crippen MR) is 125 cm³/mol. The summed E-state index contributed by atoms with van der Waals surface area (Å²) in [5, 5.41) is 3.45. The van der Waals surface area contributed by atoms with E-state index in [0.717, 1.165) is 37.4 Å². The van der Waals surface area contributed by atoms with Gasteiger partial charge in [0.05, 0.1) is 23.3 Å². The first kappa shape index (κ1) is 22.1. The fraction of sp³-hybridized carbons (Fsp3) is 0.333. The van der Waals surface area contributed by atoms with Gasteiger partial charge in [0.25, 0.3) is 11.8 Å². The van der Waals surface area contributed by atoms with Crippen molar-refractivity contribution >= 4 is 28.2 Å². The van der Waals surface area contributed by atoms with Crippen molar-refractivity contribution in [1.29, 1.82) is 0 Å². The van der Waals surface area contributed by atoms with Gasteiger partial charge in [-0.25, -0.2) is 0 Å². The summed E-state index contributed by atoms with van der Waals surface area (Å²) in [6, 6.07) is 13.3. The molecule has 32 heavy (non-hydrogen) atoms. The second kappa shape index (κ2) is 10.0. The minimum Gasteiger partial charge on any atom is -0.497 e. The molecule has 0 aliphatic carbocycles. The third-order valence-corrected chi connectivity index (χ3v) is 6.77. The van der Waals surface area contributed by atoms with Gasteiger partial charge in [-0.1, -0.05) is 12.1 Å². The standard InChI is InChI=1S/C24H27N3O4S/c1-17-16-21(25-23(28)20-4-3-15-31-20)32-22(17)24(29)27-13-11-26(12-14-27)10-9-18-5-7-19(30-2)8-6-18/h3-8,15-16H,9-14H2,1-2H3,(H,25,28). The predicted octanol–water partition coefficient (Wildman–Crippen LogP) is 3.91. The number of aryl methyl sites for hydroxylation is 1. The summed E-state index contributed by atoms with van der Waals surface area (Å²) in [5.74, 6) is 0.824. The van der Waals surface area contributed by atoms with Crippen molar-refractivity contribution in [3.8, 4) is 5.75 Å². The van der Waals surface area contributed by atoms with E-state index in [4.69, 9.17) is 9.15 Å². The Bertz CT molecular complexity index is 1050. The van der Waals surface area contributed by atoms with Gasteiger partial charge in [-0.05, 0) is 54.8 Å². The lowest BCUT2D eigenvalue weighted by molar-refractivity contribution is 0.0642. The molecule has 1 N–H and O–H groups in total. The average Bonchev–Trinajstić information content (AvgIpc) is 3.48. The van der Waals surface area contributed by atoms with Gasteiger partial charge in [-0.3, -0.25) is 14.5 Å². The summed E-state index contributed by atoms with van der Waals surface area (Å²) in [6.07, 6.45) is 2.43. The molecule has 1 aliphatic rings. The van der Waals surface area contributed by atoms with E-state index in [1.165, 1.54) is 23.2 Å². The third-order valence-electron chi connectivity index (χ3n) is 5.63. The zero-order valence-electron chi connectivity index (χ0n) is 18.3. The maximum absolute atomic E-state index is 13.1. The lowest BCUT2D eigenvalue weighted by Crippen LogP contribution is -2.49. The van der Waals surface area contributed by atoms with E-state index >= 15 is 0 Å². The van der Waals surface area contributed by atoms with E-state index in [2.05, 4.69) is 22.3 Å². The number of thiophene rings is 1. The molecule has 2 amide bonds. The second-order valence-corrected chi connectivity index (χ2v) is 8.84. The van der Waals surface area contributed by atoms with Crippen molar-refractivity contribution in [2.45, 2.75) is 13.3 Å². The summed E-state index contributed by atoms with van der Waals surface area (Å²) < 4.78 is 10.3. The van der Waals surface area contributed by atoms with Crippen LogP contribution in [0.15, 0.2) is 53.1 Å². The fourth-order valence-corrected chi connectivity index (χ4v) is 4.77. The molecule has 4 rings (SSSR count). The van der Waals surface area contributed by atoms with Crippen molar-refractivity contribution < 1.29 is 18.7 Å². The number of carbonyl (C=O) groups is 2. The average molecular weight is 454 g/mol. The van der Waals surface area contributed by atoms with Crippen molar-refractivity contribution in [2.75, 3.05) is 45.2 Å². The Kier molecular flexibility index (Phi) is 6.92. The van der Waals surface area contributed by atoms with Gasteiger partial charge in [0.15, 0.2) is 5.76 Å². The molecule has 0 saturated carbocycles. The number of anilines is 1. The molecule has 0 spiro atoms. The maximum Gasteiger partial charge on any atom is 0.291 e. The Balaban J connectivity index is 1.28. The van der Waals surface area contributed by atoms with Crippen molar-refractivity contribution in [3.63, 3.8) is 0 Å². The quantitative estimate of drug-likeness (QED) is 0.587. The summed E-state index contributed by atoms with van der Waals surface area (Å²) in [6.45, 7) is 5.98. The summed E-state index contributed by atoms with van der Waals surface area (Å²) in [5.41, 5.74) is 2.15. The number of amides is 2. The van der Waals surface area contributed by atoms with Crippen LogP contribution in [-0.4, -0.2) is 61.4 Å². The van der Waals surface area contributed by atoms with Gasteiger partial charge in [0.2, 0.25) is 0 Å². The van der Waals surface area contributed by atoms with Crippen LogP contribution in [0.3, 0.4) is 0 Å². The third kappa shape index (κ3) is 5.20. The highest BCUT2D eigenvalue weighted by molar-refractivity contribution is 7.18. The Labute approximate surface area is 191 Å². The largest absolute Gasteiger partial charge is 0.497 e. The molecule has 0 unspecified atom stereocenters. The molecule has 168 valence electrons. The van der Waals surface area contributed by atoms with E-state index < -0.39 is 0 Å². The van der Waals surface area contributed by atoms with Crippen LogP contribution in [0.5, 0.6) is 5.75 Å². The Morgan fingerprint density at radius 3 is 2.53 bits per heavy atom. The molecule has 2 aromatic heterocycles. The lowest BCUT2D eigenvalue weighted by atomic mass is 10.1. The number of rotatable bonds is 7. The molecule has 1 aromatic carbocycles. The fourth-order valence-electron chi connectivity index (χ4n) is 3.73. The lowest BCUT2D eigenvalue weighted by Gasteiger charge is -2.34. The number of hydrogen-bond donors (Lipinski definition) is 1. The Morgan fingerprint density at radius 1 is 1.12 bits per heavy atom. The van der Waals surface area contributed by atoms with Gasteiger partial charge >= 0.3 is 0 Å². The first-order chi connectivity index (χ1) is 15.5. The molecule has 8 heteroatoms. The molecular weight excluding hydrogens is 426 g/mol. The SMILES string of the molecule is COc1ccc(CCN2CCN(C(=O)c3sc(NC(=O)c4ccco4)cc3C)CC2)cc1. The number of benzene rings is 1. The van der Waals surface area contributed by atoms with E-state index in [-0.39, 0.29) is 17.6 Å². The number of furan rings is 1. The molecule has 1 aliphatic heterocycles. The highest BCUT2D eigenvalue weighted by atomic mass is 32.1. The molecule has 0 bridgehead atoms. The van der Waals surface area contributed by atoms with Gasteiger partial charge < -0.3 is 19.4 Å². The van der Waals surface area contributed by atoms with Crippen molar-refractivity contribution in [2.24, 2.45) is 0 Å². The van der Waals surface area contributed by atoms with Gasteiger partial charge in [-0.15, -0.1) is 11.3 Å². The topological polar surface area (TPSA) is 75.0 Å². The minimum absolute atomic E-state index is 0.0285. The molecular formula is C24H27N3O4S. The number of nitrogens with zero attached hydrogens (tertiary/aromatic N) is 2. The normalized spacial score (nSPS) is 14.4. The summed E-state index contributed by atoms with van der Waals surface area (Å²) in [4.78, 5) is 30.2. The molecule has 3 aromatic rings. The van der Waals surface area contributed by atoms with E-state index in [9.17, 15) is 9.59 Å². The number of nitrogens with one attached hydrogen (secondary N) is 1. The Hall–Kier alpha value is -3.10. The van der Waals surface area contributed by atoms with E-state index in [1.807, 2.05) is 30.0 Å². The first-order valence-corrected chi connectivity index (χ1v) is 11.4. The van der Waals surface area contributed by atoms with Gasteiger partial charge in [0, 0.05) is 32.7 Å². The molecule has 7 nitrogen and oxygen atoms in total. The molecule has 0 radical (unpaired) electrons. The van der Waals surface area contributed by atoms with E-state index in [0.29, 0.717) is 23.0 Å². The van der Waals surface area contributed by atoms with Crippen LogP contribution in [0.1, 0.15) is 31.4 Å². The zero-order chi connectivity index (χ0) is 22.5. The molecule has 1 fully saturated rings. The number of piperazine rings is 1. The Morgan fingerprint density at radius 2 is 1.88 bits per heavy atom. The molecule has 3 heterocycles. The number of ether oxygens (including phenoxy) is 1. The first-order valence-electron chi connectivity index (χ1n) is 10.6. The zero-order valence-corrected chi connectivity index (χ0v) is 19.1. The highest BCUT2D eigenvalue weighted by Gasteiger charge is 2.25. The second-order valence-electron chi connectivity index (χ2n) is 7.79. The van der Waals surface area contributed by atoms with Crippen LogP contribution in [0.4, 0.5) is 5.00 Å². The number of carbonyl (C=O) groups excluding carboxylic acids is 2. The van der Waals surface area contributed by atoms with Crippen LogP contribution in [0.25, 0.3) is 0 Å². The van der Waals surface area contributed by atoms with Gasteiger partial charge in [0.1, 0.15) is 5.75 Å². The summed E-state index contributed by atoms with van der Waals surface area (Å²) in [7, 11) is 1.67. The van der Waals surface area contributed by atoms with Crippen LogP contribution in [0.2, 0.25) is 0 Å². The van der Waals surface area contributed by atoms with Crippen LogP contribution >= 0.6 is 11.3 Å². The molecule has 1 saturated heterocycles. The number of methoxy groups -OCH3 is 1. The minimum atomic E-state index is -0.319. The van der Waals surface area contributed by atoms with E-state index in [1.54, 1.807) is 19.2 Å². The van der Waals surface area contributed by atoms with Crippen LogP contribution in [0, 0.1) is 6.92 Å². The van der Waals surface area contributed by atoms with Crippen LogP contribution in [-0.2, 0) is 6.42 Å². The van der Waals surface area contributed by atoms with Crippen LogP contribution < -0.4 is 10.1 Å². The highest BCUT2D eigenvalue weighted by Crippen LogP contribution is 2.28. The smallest absolute Gasteiger partial charge is 0.291 e. The molecule has 0 atom stereocenters. The number of hydrogen-bond acceptors (Lipinski definition) is 6. The van der Waals surface area contributed by atoms with Gasteiger partial charge in [-0.2, -0.15) is 0 Å². The van der Waals surface area contributed by atoms with Crippen molar-refractivity contribution in [3.05, 3.63) is 70.5 Å². The monoisotopic (exact) mass is 453 g/mol.